The summed E-state index contributed by atoms with van der Waals surface area (Å²) < 4.78 is 8.32. The van der Waals surface area contributed by atoms with Crippen molar-refractivity contribution in [3.8, 4) is 16.3 Å². The Kier molecular flexibility index (Phi) is 6.92. The first-order valence-corrected chi connectivity index (χ1v) is 12.5. The fourth-order valence-corrected chi connectivity index (χ4v) is 5.35. The van der Waals surface area contributed by atoms with E-state index in [1.54, 1.807) is 10.9 Å². The van der Waals surface area contributed by atoms with Gasteiger partial charge in [0.2, 0.25) is 5.88 Å². The molecule has 7 nitrogen and oxygen atoms in total. The molecule has 0 unspecified atom stereocenters. The van der Waals surface area contributed by atoms with E-state index in [1.807, 2.05) is 48.5 Å². The van der Waals surface area contributed by atoms with Crippen molar-refractivity contribution >= 4 is 33.2 Å². The Labute approximate surface area is 206 Å². The van der Waals surface area contributed by atoms with Crippen LogP contribution >= 0.6 is 22.9 Å². The largest absolute Gasteiger partial charge is 0.474 e. The van der Waals surface area contributed by atoms with Gasteiger partial charge in [0.25, 0.3) is 5.56 Å². The summed E-state index contributed by atoms with van der Waals surface area (Å²) in [7, 11) is 0. The topological polar surface area (TPSA) is 80.5 Å². The van der Waals surface area contributed by atoms with Crippen molar-refractivity contribution in [1.82, 2.24) is 19.4 Å². The van der Waals surface area contributed by atoms with Crippen LogP contribution in [0.15, 0.2) is 59.7 Å². The summed E-state index contributed by atoms with van der Waals surface area (Å²) in [6.07, 6.45) is 3.49. The number of likely N-dealkylation sites (tertiary alicyclic amines) is 1. The van der Waals surface area contributed by atoms with Crippen LogP contribution in [0.2, 0.25) is 5.02 Å². The number of β-amino-alcohol motifs (C(OH)–C–C–N with tert-alkyl or cyclic N) is 1. The molecule has 3 aromatic heterocycles. The van der Waals surface area contributed by atoms with Crippen molar-refractivity contribution < 1.29 is 9.84 Å². The van der Waals surface area contributed by atoms with E-state index in [0.29, 0.717) is 34.2 Å². The van der Waals surface area contributed by atoms with Gasteiger partial charge in [0.15, 0.2) is 0 Å². The minimum atomic E-state index is -0.0837. The van der Waals surface area contributed by atoms with Crippen LogP contribution in [0.1, 0.15) is 18.5 Å². The number of hydrogen-bond donors (Lipinski definition) is 1. The number of thiophene rings is 1. The lowest BCUT2D eigenvalue weighted by molar-refractivity contribution is 0.0857. The van der Waals surface area contributed by atoms with Gasteiger partial charge in [-0.3, -0.25) is 9.36 Å². The van der Waals surface area contributed by atoms with E-state index in [2.05, 4.69) is 14.9 Å². The average molecular weight is 497 g/mol. The van der Waals surface area contributed by atoms with Gasteiger partial charge in [0.05, 0.1) is 30.7 Å². The highest BCUT2D eigenvalue weighted by atomic mass is 35.5. The van der Waals surface area contributed by atoms with Crippen LogP contribution in [0.3, 0.4) is 0 Å². The first kappa shape index (κ1) is 23.0. The molecule has 0 spiro atoms. The zero-order chi connectivity index (χ0) is 23.5. The summed E-state index contributed by atoms with van der Waals surface area (Å²) in [5, 5.41) is 9.77. The van der Waals surface area contributed by atoms with Gasteiger partial charge in [0, 0.05) is 35.6 Å². The molecule has 1 fully saturated rings. The first-order chi connectivity index (χ1) is 16.6. The van der Waals surface area contributed by atoms with Crippen LogP contribution in [-0.4, -0.2) is 56.9 Å². The lowest BCUT2D eigenvalue weighted by Gasteiger charge is -2.31. The highest BCUT2D eigenvalue weighted by Crippen LogP contribution is 2.31. The van der Waals surface area contributed by atoms with E-state index < -0.39 is 0 Å². The summed E-state index contributed by atoms with van der Waals surface area (Å²) in [6, 6.07) is 15.1. The standard InChI is InChI=1S/C25H25ClN4O3S/c26-18-6-4-17(5-7-18)22-14-21-24(34-22)25(32)30(16-27-21)15-19-2-1-3-23(28-19)33-20-8-10-29(11-9-20)12-13-31/h1-7,14,16,20,31H,8-13,15H2. The molecule has 4 aromatic rings. The van der Waals surface area contributed by atoms with Crippen LogP contribution in [-0.2, 0) is 6.54 Å². The van der Waals surface area contributed by atoms with Crippen LogP contribution in [0.4, 0.5) is 0 Å². The van der Waals surface area contributed by atoms with Gasteiger partial charge in [-0.15, -0.1) is 11.3 Å². The van der Waals surface area contributed by atoms with Crippen LogP contribution in [0.25, 0.3) is 20.7 Å². The molecule has 0 amide bonds. The van der Waals surface area contributed by atoms with E-state index in [4.69, 9.17) is 21.4 Å². The van der Waals surface area contributed by atoms with Crippen molar-refractivity contribution in [2.45, 2.75) is 25.5 Å². The Morgan fingerprint density at radius 3 is 2.71 bits per heavy atom. The molecule has 176 valence electrons. The van der Waals surface area contributed by atoms with E-state index in [9.17, 15) is 4.79 Å². The molecule has 0 atom stereocenters. The maximum atomic E-state index is 13.1. The molecule has 5 rings (SSSR count). The predicted octanol–water partition coefficient (Wildman–Crippen LogP) is 4.06. The molecule has 1 aromatic carbocycles. The van der Waals surface area contributed by atoms with Crippen LogP contribution < -0.4 is 10.3 Å². The molecular weight excluding hydrogens is 472 g/mol. The lowest BCUT2D eigenvalue weighted by atomic mass is 10.1. The zero-order valence-corrected chi connectivity index (χ0v) is 20.1. The normalized spacial score (nSPS) is 15.1. The number of aromatic nitrogens is 3. The summed E-state index contributed by atoms with van der Waals surface area (Å²) in [6.45, 7) is 3.03. The van der Waals surface area contributed by atoms with Crippen LogP contribution in [0.5, 0.6) is 5.88 Å². The number of aliphatic hydroxyl groups is 1. The van der Waals surface area contributed by atoms with Gasteiger partial charge < -0.3 is 14.7 Å². The first-order valence-electron chi connectivity index (χ1n) is 11.3. The van der Waals surface area contributed by atoms with Crippen molar-refractivity contribution in [1.29, 1.82) is 0 Å². The third-order valence-electron chi connectivity index (χ3n) is 5.98. The number of hydrogen-bond acceptors (Lipinski definition) is 7. The molecule has 0 bridgehead atoms. The van der Waals surface area contributed by atoms with Crippen LogP contribution in [0, 0.1) is 0 Å². The monoisotopic (exact) mass is 496 g/mol. The average Bonchev–Trinajstić information content (AvgIpc) is 3.28. The molecule has 1 aliphatic rings. The molecule has 1 saturated heterocycles. The fourth-order valence-electron chi connectivity index (χ4n) is 4.16. The number of piperidine rings is 1. The molecule has 9 heteroatoms. The number of pyridine rings is 1. The molecule has 1 N–H and O–H groups in total. The molecular formula is C25H25ClN4O3S. The number of fused-ring (bicyclic) bond motifs is 1. The Morgan fingerprint density at radius 1 is 1.15 bits per heavy atom. The lowest BCUT2D eigenvalue weighted by Crippen LogP contribution is -2.39. The number of ether oxygens (including phenoxy) is 1. The van der Waals surface area contributed by atoms with Crippen molar-refractivity contribution in [2.24, 2.45) is 0 Å². The SMILES string of the molecule is O=c1c2sc(-c3ccc(Cl)cc3)cc2ncn1Cc1cccc(OC2CCN(CCO)CC2)n1. The Bertz CT molecular complexity index is 1330. The molecule has 34 heavy (non-hydrogen) atoms. The van der Waals surface area contributed by atoms with Crippen molar-refractivity contribution in [2.75, 3.05) is 26.2 Å². The minimum absolute atomic E-state index is 0.0837. The maximum absolute atomic E-state index is 13.1. The van der Waals surface area contributed by atoms with Gasteiger partial charge in [-0.25, -0.2) is 9.97 Å². The Hall–Kier alpha value is -2.78. The fraction of sp³-hybridized carbons (Fsp3) is 0.320. The quantitative estimate of drug-likeness (QED) is 0.415. The van der Waals surface area contributed by atoms with E-state index in [-0.39, 0.29) is 18.3 Å². The Morgan fingerprint density at radius 2 is 1.94 bits per heavy atom. The molecule has 0 aliphatic carbocycles. The maximum Gasteiger partial charge on any atom is 0.271 e. The Balaban J connectivity index is 1.31. The third kappa shape index (κ3) is 5.15. The predicted molar refractivity (Wildman–Crippen MR) is 135 cm³/mol. The number of nitrogens with zero attached hydrogens (tertiary/aromatic N) is 4. The summed E-state index contributed by atoms with van der Waals surface area (Å²) in [5.74, 6) is 0.571. The highest BCUT2D eigenvalue weighted by molar-refractivity contribution is 7.22. The molecule has 0 saturated carbocycles. The van der Waals surface area contributed by atoms with E-state index >= 15 is 0 Å². The highest BCUT2D eigenvalue weighted by Gasteiger charge is 2.20. The number of aliphatic hydroxyl groups excluding tert-OH is 1. The molecule has 0 radical (unpaired) electrons. The second kappa shape index (κ2) is 10.2. The van der Waals surface area contributed by atoms with Gasteiger partial charge in [-0.2, -0.15) is 0 Å². The van der Waals surface area contributed by atoms with Gasteiger partial charge in [0.1, 0.15) is 10.8 Å². The number of rotatable bonds is 7. The third-order valence-corrected chi connectivity index (χ3v) is 7.40. The summed E-state index contributed by atoms with van der Waals surface area (Å²) in [4.78, 5) is 25.5. The van der Waals surface area contributed by atoms with Gasteiger partial charge in [-0.1, -0.05) is 29.8 Å². The van der Waals surface area contributed by atoms with Crippen molar-refractivity contribution in [3.63, 3.8) is 0 Å². The molecule has 4 heterocycles. The number of halogens is 1. The van der Waals surface area contributed by atoms with E-state index in [0.717, 1.165) is 42.1 Å². The molecule has 1 aliphatic heterocycles. The second-order valence-electron chi connectivity index (χ2n) is 8.36. The zero-order valence-electron chi connectivity index (χ0n) is 18.6. The van der Waals surface area contributed by atoms with Gasteiger partial charge >= 0.3 is 0 Å². The van der Waals surface area contributed by atoms with Gasteiger partial charge in [-0.05, 0) is 42.7 Å². The van der Waals surface area contributed by atoms with E-state index in [1.165, 1.54) is 11.3 Å². The number of benzene rings is 1. The summed E-state index contributed by atoms with van der Waals surface area (Å²) >= 11 is 7.43. The minimum Gasteiger partial charge on any atom is -0.474 e. The van der Waals surface area contributed by atoms with Crippen molar-refractivity contribution in [3.05, 3.63) is 75.9 Å². The summed E-state index contributed by atoms with van der Waals surface area (Å²) in [5.41, 5.74) is 2.35. The second-order valence-corrected chi connectivity index (χ2v) is 9.85. The smallest absolute Gasteiger partial charge is 0.271 e.